The molecule has 1 heterocycles. The summed E-state index contributed by atoms with van der Waals surface area (Å²) in [7, 11) is 0. The fraction of sp³-hybridized carbons (Fsp3) is 0.238. The van der Waals surface area contributed by atoms with Crippen LogP contribution in [-0.4, -0.2) is 40.2 Å². The van der Waals surface area contributed by atoms with Gasteiger partial charge < -0.3 is 10.6 Å². The summed E-state index contributed by atoms with van der Waals surface area (Å²) in [5.41, 5.74) is 0.979. The van der Waals surface area contributed by atoms with Crippen molar-refractivity contribution in [3.63, 3.8) is 0 Å². The molecule has 1 aliphatic rings. The lowest BCUT2D eigenvalue weighted by molar-refractivity contribution is -0.384. The summed E-state index contributed by atoms with van der Waals surface area (Å²) in [5.74, 6) is -1.58. The van der Waals surface area contributed by atoms with E-state index in [9.17, 15) is 29.3 Å². The van der Waals surface area contributed by atoms with Crippen molar-refractivity contribution in [3.05, 3.63) is 69.3 Å². The summed E-state index contributed by atoms with van der Waals surface area (Å²) in [6.45, 7) is 4.46. The Hall–Kier alpha value is -4.28. The van der Waals surface area contributed by atoms with Crippen molar-refractivity contribution in [2.45, 2.75) is 26.3 Å². The molecular formula is C21H21N5O6. The average Bonchev–Trinajstić information content (AvgIpc) is 2.94. The van der Waals surface area contributed by atoms with E-state index in [0.717, 1.165) is 11.1 Å². The van der Waals surface area contributed by atoms with Gasteiger partial charge in [-0.05, 0) is 50.1 Å². The van der Waals surface area contributed by atoms with Crippen LogP contribution in [0.3, 0.4) is 0 Å². The Labute approximate surface area is 182 Å². The molecule has 1 saturated heterocycles. The summed E-state index contributed by atoms with van der Waals surface area (Å²) in [6, 6.07) is 8.89. The van der Waals surface area contributed by atoms with Gasteiger partial charge in [0.15, 0.2) is 0 Å². The fourth-order valence-electron chi connectivity index (χ4n) is 3.37. The predicted octanol–water partition coefficient (Wildman–Crippen LogP) is 2.33. The van der Waals surface area contributed by atoms with Crippen molar-refractivity contribution in [1.82, 2.24) is 15.5 Å². The van der Waals surface area contributed by atoms with Crippen molar-refractivity contribution in [2.75, 3.05) is 11.9 Å². The van der Waals surface area contributed by atoms with Crippen molar-refractivity contribution in [1.29, 1.82) is 0 Å². The summed E-state index contributed by atoms with van der Waals surface area (Å²) in [5, 5.41) is 17.9. The van der Waals surface area contributed by atoms with Crippen LogP contribution in [0.25, 0.3) is 0 Å². The van der Waals surface area contributed by atoms with E-state index in [-0.39, 0.29) is 5.69 Å². The van der Waals surface area contributed by atoms with E-state index in [1.54, 1.807) is 19.1 Å². The van der Waals surface area contributed by atoms with E-state index in [2.05, 4.69) is 16.0 Å². The number of benzene rings is 2. The van der Waals surface area contributed by atoms with Crippen LogP contribution >= 0.6 is 0 Å². The Kier molecular flexibility index (Phi) is 5.92. The smallest absolute Gasteiger partial charge is 0.319 e. The number of nitro groups is 1. The van der Waals surface area contributed by atoms with Gasteiger partial charge in [-0.15, -0.1) is 0 Å². The van der Waals surface area contributed by atoms with Gasteiger partial charge in [0.2, 0.25) is 5.91 Å². The first kappa shape index (κ1) is 22.4. The van der Waals surface area contributed by atoms with Crippen LogP contribution < -0.4 is 16.0 Å². The number of anilines is 1. The highest BCUT2D eigenvalue weighted by Gasteiger charge is 2.49. The molecule has 32 heavy (non-hydrogen) atoms. The number of nitrogens with one attached hydrogen (secondary N) is 3. The fourth-order valence-corrected chi connectivity index (χ4v) is 3.37. The largest absolute Gasteiger partial charge is 0.325 e. The second-order valence-corrected chi connectivity index (χ2v) is 7.57. The maximum atomic E-state index is 12.9. The summed E-state index contributed by atoms with van der Waals surface area (Å²) in [6.07, 6.45) is 0. The lowest BCUT2D eigenvalue weighted by atomic mass is 9.92. The van der Waals surface area contributed by atoms with E-state index in [4.69, 9.17) is 0 Å². The minimum atomic E-state index is -1.51. The van der Waals surface area contributed by atoms with Crippen molar-refractivity contribution in [2.24, 2.45) is 0 Å². The highest BCUT2D eigenvalue weighted by molar-refractivity contribution is 6.10. The number of non-ortho nitro benzene ring substituents is 1. The van der Waals surface area contributed by atoms with E-state index in [0.29, 0.717) is 16.2 Å². The third-order valence-corrected chi connectivity index (χ3v) is 5.12. The number of imide groups is 2. The van der Waals surface area contributed by atoms with Gasteiger partial charge in [0.25, 0.3) is 11.6 Å². The normalized spacial score (nSPS) is 17.7. The minimum Gasteiger partial charge on any atom is -0.319 e. The molecule has 1 atom stereocenters. The van der Waals surface area contributed by atoms with Crippen LogP contribution in [0.4, 0.5) is 21.0 Å². The SMILES string of the molecule is Cc1ccc(NC(=O)NC(=O)CN2C(=O)N[C@](C)(c3ccc([N+](=O)[O-])cc3)C2=O)c(C)c1. The predicted molar refractivity (Wildman–Crippen MR) is 114 cm³/mol. The number of hydrogen-bond donors (Lipinski definition) is 3. The van der Waals surface area contributed by atoms with E-state index in [1.165, 1.54) is 31.2 Å². The molecule has 0 spiro atoms. The number of aryl methyl sites for hydroxylation is 2. The van der Waals surface area contributed by atoms with Gasteiger partial charge in [0.1, 0.15) is 12.1 Å². The van der Waals surface area contributed by atoms with Gasteiger partial charge in [0, 0.05) is 17.8 Å². The second-order valence-electron chi connectivity index (χ2n) is 7.57. The zero-order valence-corrected chi connectivity index (χ0v) is 17.6. The maximum Gasteiger partial charge on any atom is 0.325 e. The second kappa shape index (κ2) is 8.46. The van der Waals surface area contributed by atoms with Gasteiger partial charge in [-0.1, -0.05) is 17.7 Å². The molecule has 11 heteroatoms. The third-order valence-electron chi connectivity index (χ3n) is 5.12. The first-order valence-electron chi connectivity index (χ1n) is 9.58. The zero-order valence-electron chi connectivity index (χ0n) is 17.6. The van der Waals surface area contributed by atoms with Crippen LogP contribution in [0.2, 0.25) is 0 Å². The number of carbonyl (C=O) groups is 4. The van der Waals surface area contributed by atoms with Gasteiger partial charge >= 0.3 is 12.1 Å². The van der Waals surface area contributed by atoms with Crippen LogP contribution in [0.1, 0.15) is 23.6 Å². The molecule has 0 radical (unpaired) electrons. The van der Waals surface area contributed by atoms with E-state index in [1.807, 2.05) is 13.0 Å². The van der Waals surface area contributed by atoms with Crippen molar-refractivity contribution < 1.29 is 24.1 Å². The maximum absolute atomic E-state index is 12.9. The molecule has 166 valence electrons. The highest BCUT2D eigenvalue weighted by atomic mass is 16.6. The molecule has 0 unspecified atom stereocenters. The number of urea groups is 2. The first-order chi connectivity index (χ1) is 15.0. The molecule has 3 N–H and O–H groups in total. The number of hydrogen-bond acceptors (Lipinski definition) is 6. The molecule has 0 aromatic heterocycles. The van der Waals surface area contributed by atoms with Crippen molar-refractivity contribution >= 4 is 35.3 Å². The minimum absolute atomic E-state index is 0.166. The number of amides is 6. The molecule has 0 saturated carbocycles. The molecule has 3 rings (SSSR count). The number of rotatable bonds is 5. The summed E-state index contributed by atoms with van der Waals surface area (Å²) < 4.78 is 0. The lowest BCUT2D eigenvalue weighted by Gasteiger charge is -2.22. The molecule has 0 aliphatic carbocycles. The first-order valence-corrected chi connectivity index (χ1v) is 9.58. The monoisotopic (exact) mass is 439 g/mol. The number of nitro benzene ring substituents is 1. The summed E-state index contributed by atoms with van der Waals surface area (Å²) >= 11 is 0. The van der Waals surface area contributed by atoms with E-state index >= 15 is 0 Å². The Bertz CT molecular complexity index is 1130. The number of carbonyl (C=O) groups excluding carboxylic acids is 4. The molecule has 1 aliphatic heterocycles. The molecule has 2 aromatic rings. The Balaban J connectivity index is 1.66. The number of nitrogens with zero attached hydrogens (tertiary/aromatic N) is 2. The van der Waals surface area contributed by atoms with Crippen LogP contribution in [0.5, 0.6) is 0 Å². The highest BCUT2D eigenvalue weighted by Crippen LogP contribution is 2.29. The van der Waals surface area contributed by atoms with E-state index < -0.39 is 40.9 Å². The molecule has 11 nitrogen and oxygen atoms in total. The Morgan fingerprint density at radius 3 is 2.38 bits per heavy atom. The molecule has 2 aromatic carbocycles. The average molecular weight is 439 g/mol. The Morgan fingerprint density at radius 2 is 1.78 bits per heavy atom. The Morgan fingerprint density at radius 1 is 1.12 bits per heavy atom. The lowest BCUT2D eigenvalue weighted by Crippen LogP contribution is -2.45. The quantitative estimate of drug-likeness (QED) is 0.370. The van der Waals surface area contributed by atoms with Gasteiger partial charge in [-0.2, -0.15) is 0 Å². The molecular weight excluding hydrogens is 418 g/mol. The van der Waals surface area contributed by atoms with Crippen molar-refractivity contribution in [3.8, 4) is 0 Å². The molecule has 1 fully saturated rings. The zero-order chi connectivity index (χ0) is 23.6. The topological polar surface area (TPSA) is 151 Å². The standard InChI is InChI=1S/C21H21N5O6/c1-12-4-9-16(13(2)10-12)22-19(29)23-17(27)11-25-18(28)21(3,24-20(25)30)14-5-7-15(8-6-14)26(31)32/h4-10H,11H2,1-3H3,(H,24,30)(H2,22,23,27,29)/t21-/m1/s1. The van der Waals surface area contributed by atoms with Gasteiger partial charge in [-0.3, -0.25) is 29.9 Å². The molecule has 6 amide bonds. The third kappa shape index (κ3) is 4.41. The molecule has 0 bridgehead atoms. The van der Waals surface area contributed by atoms with Crippen LogP contribution in [-0.2, 0) is 15.1 Å². The van der Waals surface area contributed by atoms with Gasteiger partial charge in [0.05, 0.1) is 4.92 Å². The van der Waals surface area contributed by atoms with Crippen LogP contribution in [0, 0.1) is 24.0 Å². The van der Waals surface area contributed by atoms with Gasteiger partial charge in [-0.25, -0.2) is 9.59 Å². The van der Waals surface area contributed by atoms with Crippen LogP contribution in [0.15, 0.2) is 42.5 Å². The summed E-state index contributed by atoms with van der Waals surface area (Å²) in [4.78, 5) is 60.5.